The van der Waals surface area contributed by atoms with Gasteiger partial charge in [0.05, 0.1) is 12.9 Å². The standard InChI is InChI=1S/C5H9O/c1-3-5-6-4-2/h3-4H,2,5H2,1H3. The van der Waals surface area contributed by atoms with E-state index in [1.165, 1.54) is 6.26 Å². The topological polar surface area (TPSA) is 9.23 Å². The van der Waals surface area contributed by atoms with E-state index in [-0.39, 0.29) is 0 Å². The Morgan fingerprint density at radius 1 is 1.83 bits per heavy atom. The van der Waals surface area contributed by atoms with E-state index in [0.717, 1.165) is 0 Å². The molecule has 0 heterocycles. The molecule has 0 aliphatic rings. The molecule has 0 saturated heterocycles. The average molecular weight is 85.1 g/mol. The first-order valence-corrected chi connectivity index (χ1v) is 1.92. The van der Waals surface area contributed by atoms with Crippen LogP contribution in [0.1, 0.15) is 6.92 Å². The lowest BCUT2D eigenvalue weighted by atomic mass is 10.5. The summed E-state index contributed by atoms with van der Waals surface area (Å²) in [4.78, 5) is 0. The molecule has 0 aromatic rings. The molecule has 0 atom stereocenters. The third-order valence-electron chi connectivity index (χ3n) is 0.381. The highest BCUT2D eigenvalue weighted by Crippen LogP contribution is 1.74. The number of hydrogen-bond acceptors (Lipinski definition) is 1. The van der Waals surface area contributed by atoms with Gasteiger partial charge in [0.2, 0.25) is 0 Å². The molecule has 1 heteroatoms. The van der Waals surface area contributed by atoms with E-state index in [1.54, 1.807) is 0 Å². The Balaban J connectivity index is 2.49. The average Bonchev–Trinajstić information content (AvgIpc) is 1.61. The smallest absolute Gasteiger partial charge is 0.0902 e. The van der Waals surface area contributed by atoms with Gasteiger partial charge in [0.15, 0.2) is 0 Å². The molecule has 0 amide bonds. The predicted octanol–water partition coefficient (Wildman–Crippen LogP) is 1.37. The van der Waals surface area contributed by atoms with Crippen molar-refractivity contribution in [2.24, 2.45) is 0 Å². The van der Waals surface area contributed by atoms with Crippen LogP contribution in [0.25, 0.3) is 0 Å². The van der Waals surface area contributed by atoms with E-state index in [2.05, 4.69) is 6.58 Å². The van der Waals surface area contributed by atoms with Crippen LogP contribution in [-0.4, -0.2) is 6.61 Å². The zero-order valence-electron chi connectivity index (χ0n) is 3.98. The summed E-state index contributed by atoms with van der Waals surface area (Å²) in [6.07, 6.45) is 3.35. The van der Waals surface area contributed by atoms with Gasteiger partial charge in [0, 0.05) is 0 Å². The first-order valence-electron chi connectivity index (χ1n) is 1.92. The summed E-state index contributed by atoms with van der Waals surface area (Å²) in [5.74, 6) is 0. The van der Waals surface area contributed by atoms with Gasteiger partial charge in [-0.15, -0.1) is 0 Å². The lowest BCUT2D eigenvalue weighted by molar-refractivity contribution is 0.279. The van der Waals surface area contributed by atoms with Crippen molar-refractivity contribution in [3.05, 3.63) is 19.3 Å². The Morgan fingerprint density at radius 2 is 2.50 bits per heavy atom. The Hall–Kier alpha value is -0.460. The maximum absolute atomic E-state index is 4.69. The maximum atomic E-state index is 4.69. The summed E-state index contributed by atoms with van der Waals surface area (Å²) in [6.45, 7) is 5.96. The van der Waals surface area contributed by atoms with Crippen LogP contribution in [0, 0.1) is 6.42 Å². The summed E-state index contributed by atoms with van der Waals surface area (Å²) in [5, 5.41) is 0. The minimum Gasteiger partial charge on any atom is -0.502 e. The van der Waals surface area contributed by atoms with Crippen LogP contribution in [0.5, 0.6) is 0 Å². The zero-order chi connectivity index (χ0) is 4.83. The van der Waals surface area contributed by atoms with Crippen molar-refractivity contribution < 1.29 is 4.74 Å². The second kappa shape index (κ2) is 4.54. The van der Waals surface area contributed by atoms with Gasteiger partial charge >= 0.3 is 0 Å². The Bertz CT molecular complexity index is 32.9. The lowest BCUT2D eigenvalue weighted by Crippen LogP contribution is -1.80. The van der Waals surface area contributed by atoms with Crippen LogP contribution in [0.3, 0.4) is 0 Å². The van der Waals surface area contributed by atoms with Crippen LogP contribution in [-0.2, 0) is 4.74 Å². The van der Waals surface area contributed by atoms with Crippen molar-refractivity contribution in [2.45, 2.75) is 6.92 Å². The fraction of sp³-hybridized carbons (Fsp3) is 0.400. The van der Waals surface area contributed by atoms with Gasteiger partial charge in [0.25, 0.3) is 0 Å². The molecule has 0 unspecified atom stereocenters. The molecule has 0 rings (SSSR count). The van der Waals surface area contributed by atoms with E-state index in [0.29, 0.717) is 6.61 Å². The molecule has 0 aliphatic carbocycles. The molecule has 0 bridgehead atoms. The molecule has 0 fully saturated rings. The monoisotopic (exact) mass is 85.1 g/mol. The van der Waals surface area contributed by atoms with Crippen molar-refractivity contribution in [1.29, 1.82) is 0 Å². The van der Waals surface area contributed by atoms with Gasteiger partial charge in [-0.3, -0.25) is 0 Å². The van der Waals surface area contributed by atoms with Crippen LogP contribution in [0.2, 0.25) is 0 Å². The Morgan fingerprint density at radius 3 is 2.67 bits per heavy atom. The minimum absolute atomic E-state index is 0.670. The summed E-state index contributed by atoms with van der Waals surface area (Å²) in [6, 6.07) is 0. The van der Waals surface area contributed by atoms with E-state index >= 15 is 0 Å². The first kappa shape index (κ1) is 5.54. The van der Waals surface area contributed by atoms with E-state index in [9.17, 15) is 0 Å². The van der Waals surface area contributed by atoms with Crippen molar-refractivity contribution in [2.75, 3.05) is 6.61 Å². The highest BCUT2D eigenvalue weighted by Gasteiger charge is 1.69. The SMILES string of the molecule is C=COC[CH]C. The maximum Gasteiger partial charge on any atom is 0.0902 e. The first-order chi connectivity index (χ1) is 2.91. The molecule has 0 aliphatic heterocycles. The van der Waals surface area contributed by atoms with Gasteiger partial charge in [-0.2, -0.15) is 0 Å². The number of rotatable bonds is 3. The molecule has 0 aromatic carbocycles. The second-order valence-corrected chi connectivity index (χ2v) is 0.908. The molecule has 0 N–H and O–H groups in total. The highest BCUT2D eigenvalue weighted by atomic mass is 16.5. The van der Waals surface area contributed by atoms with Gasteiger partial charge in [-0.1, -0.05) is 13.5 Å². The molecular weight excluding hydrogens is 76.1 g/mol. The molecule has 6 heavy (non-hydrogen) atoms. The van der Waals surface area contributed by atoms with Crippen molar-refractivity contribution in [1.82, 2.24) is 0 Å². The summed E-state index contributed by atoms with van der Waals surface area (Å²) in [5.41, 5.74) is 0. The normalized spacial score (nSPS) is 7.50. The predicted molar refractivity (Wildman–Crippen MR) is 26.1 cm³/mol. The Kier molecular flexibility index (Phi) is 4.19. The van der Waals surface area contributed by atoms with Gasteiger partial charge in [-0.25, -0.2) is 0 Å². The summed E-state index contributed by atoms with van der Waals surface area (Å²) in [7, 11) is 0. The second-order valence-electron chi connectivity index (χ2n) is 0.908. The molecule has 0 aromatic heterocycles. The summed E-state index contributed by atoms with van der Waals surface area (Å²) < 4.78 is 4.69. The lowest BCUT2D eigenvalue weighted by Gasteiger charge is -1.89. The van der Waals surface area contributed by atoms with E-state index in [1.807, 2.05) is 13.3 Å². The zero-order valence-corrected chi connectivity index (χ0v) is 3.98. The summed E-state index contributed by atoms with van der Waals surface area (Å²) >= 11 is 0. The van der Waals surface area contributed by atoms with Gasteiger partial charge in [-0.05, 0) is 6.42 Å². The largest absolute Gasteiger partial charge is 0.502 e. The van der Waals surface area contributed by atoms with E-state index in [4.69, 9.17) is 4.74 Å². The van der Waals surface area contributed by atoms with Gasteiger partial charge < -0.3 is 4.74 Å². The van der Waals surface area contributed by atoms with Crippen molar-refractivity contribution in [3.63, 3.8) is 0 Å². The fourth-order valence-corrected chi connectivity index (χ4v) is 0.164. The third-order valence-corrected chi connectivity index (χ3v) is 0.381. The third kappa shape index (κ3) is 3.54. The van der Waals surface area contributed by atoms with E-state index < -0.39 is 0 Å². The van der Waals surface area contributed by atoms with Crippen molar-refractivity contribution in [3.8, 4) is 0 Å². The minimum atomic E-state index is 0.670. The molecule has 1 nitrogen and oxygen atoms in total. The van der Waals surface area contributed by atoms with Crippen LogP contribution < -0.4 is 0 Å². The number of hydrogen-bond donors (Lipinski definition) is 0. The quantitative estimate of drug-likeness (QED) is 0.371. The molecule has 0 saturated carbocycles. The highest BCUT2D eigenvalue weighted by molar-refractivity contribution is 4.56. The van der Waals surface area contributed by atoms with Gasteiger partial charge in [0.1, 0.15) is 0 Å². The molecular formula is C5H9O. The van der Waals surface area contributed by atoms with Crippen LogP contribution >= 0.6 is 0 Å². The molecule has 0 spiro atoms. The molecule has 1 radical (unpaired) electrons. The Labute approximate surface area is 38.6 Å². The number of ether oxygens (including phenoxy) is 1. The van der Waals surface area contributed by atoms with Crippen molar-refractivity contribution >= 4 is 0 Å². The molecule has 35 valence electrons. The van der Waals surface area contributed by atoms with Crippen LogP contribution in [0.15, 0.2) is 12.8 Å². The van der Waals surface area contributed by atoms with Crippen LogP contribution in [0.4, 0.5) is 0 Å². The fourth-order valence-electron chi connectivity index (χ4n) is 0.164.